The zero-order valence-electron chi connectivity index (χ0n) is 16.5. The molecule has 0 saturated carbocycles. The van der Waals surface area contributed by atoms with Gasteiger partial charge in [0.25, 0.3) is 0 Å². The molecule has 5 heteroatoms. The zero-order chi connectivity index (χ0) is 19.9. The molecular weight excluding hydrogens is 328 g/mol. The molecule has 0 unspecified atom stereocenters. The topological polar surface area (TPSA) is 70.9 Å². The van der Waals surface area contributed by atoms with Crippen molar-refractivity contribution in [3.63, 3.8) is 0 Å². The highest BCUT2D eigenvalue weighted by molar-refractivity contribution is 6.06. The van der Waals surface area contributed by atoms with Gasteiger partial charge in [-0.05, 0) is 24.3 Å². The van der Waals surface area contributed by atoms with E-state index in [2.05, 4.69) is 10.5 Å². The van der Waals surface area contributed by atoms with Crippen LogP contribution in [0.15, 0.2) is 53.6 Å². The highest BCUT2D eigenvalue weighted by Crippen LogP contribution is 2.25. The summed E-state index contributed by atoms with van der Waals surface area (Å²) in [5.74, 6) is -0.198. The number of hydrazone groups is 1. The van der Waals surface area contributed by atoms with Crippen molar-refractivity contribution in [1.29, 1.82) is 0 Å². The third-order valence-electron chi connectivity index (χ3n) is 3.03. The van der Waals surface area contributed by atoms with Crippen LogP contribution in [0, 0.1) is 0 Å². The molecule has 5 nitrogen and oxygen atoms in total. The van der Waals surface area contributed by atoms with Crippen molar-refractivity contribution < 1.29 is 14.6 Å². The Bertz CT molecular complexity index is 697. The fourth-order valence-electron chi connectivity index (χ4n) is 2.04. The number of carboxylic acid groups (broad SMARTS) is 1. The Labute approximate surface area is 156 Å². The van der Waals surface area contributed by atoms with Crippen LogP contribution >= 0.6 is 0 Å². The summed E-state index contributed by atoms with van der Waals surface area (Å²) in [6.45, 7) is 12.4. The van der Waals surface area contributed by atoms with Gasteiger partial charge < -0.3 is 9.84 Å². The maximum atomic E-state index is 11.1. The number of rotatable bonds is 3. The first-order chi connectivity index (χ1) is 12.8. The lowest BCUT2D eigenvalue weighted by Gasteiger charge is -2.05. The molecule has 3 rings (SSSR count). The molecular formula is C21H30N2O3. The number of hydrogen-bond donors (Lipinski definition) is 2. The van der Waals surface area contributed by atoms with Gasteiger partial charge in [-0.15, -0.1) is 0 Å². The summed E-state index contributed by atoms with van der Waals surface area (Å²) in [5.41, 5.74) is 5.12. The highest BCUT2D eigenvalue weighted by atomic mass is 16.5. The fourth-order valence-corrected chi connectivity index (χ4v) is 2.04. The molecule has 0 fully saturated rings. The minimum absolute atomic E-state index is 0.184. The second-order valence-corrected chi connectivity index (χ2v) is 4.31. The summed E-state index contributed by atoms with van der Waals surface area (Å²) in [6, 6.07) is 14.3. The van der Waals surface area contributed by atoms with E-state index in [0.717, 1.165) is 17.0 Å². The third-order valence-corrected chi connectivity index (χ3v) is 3.03. The summed E-state index contributed by atoms with van der Waals surface area (Å²) >= 11 is 0. The Hall–Kier alpha value is -2.82. The van der Waals surface area contributed by atoms with E-state index in [4.69, 9.17) is 9.84 Å². The van der Waals surface area contributed by atoms with Gasteiger partial charge in [-0.1, -0.05) is 65.8 Å². The summed E-state index contributed by atoms with van der Waals surface area (Å²) < 4.78 is 5.49. The standard InChI is InChI=1S/C15H12N2O3.3C2H6/c18-15(19)11-6-1-3-7-12(11)16-17-13-9-20-14-8-4-2-5-10(13)14;3*1-2/h1-8,16H,9H2,(H,18,19);3*1-2H3/b17-13-;;;. The normalized spacial score (nSPS) is 12.0. The van der Waals surface area contributed by atoms with Gasteiger partial charge in [0.1, 0.15) is 18.1 Å². The van der Waals surface area contributed by atoms with Crippen molar-refractivity contribution in [2.75, 3.05) is 12.0 Å². The molecule has 2 N–H and O–H groups in total. The fraction of sp³-hybridized carbons (Fsp3) is 0.333. The van der Waals surface area contributed by atoms with Gasteiger partial charge in [-0.3, -0.25) is 5.43 Å². The SMILES string of the molecule is CC.CC.CC.O=C(O)c1ccccc1N/N=C1/COc2ccccc21. The highest BCUT2D eigenvalue weighted by Gasteiger charge is 2.18. The molecule has 0 saturated heterocycles. The molecule has 0 aliphatic carbocycles. The molecule has 26 heavy (non-hydrogen) atoms. The number of carboxylic acids is 1. The molecule has 1 aliphatic heterocycles. The van der Waals surface area contributed by atoms with Crippen LogP contribution in [-0.4, -0.2) is 23.4 Å². The number of carbonyl (C=O) groups is 1. The van der Waals surface area contributed by atoms with Crippen LogP contribution in [-0.2, 0) is 0 Å². The monoisotopic (exact) mass is 358 g/mol. The van der Waals surface area contributed by atoms with E-state index in [-0.39, 0.29) is 5.56 Å². The van der Waals surface area contributed by atoms with E-state index in [1.807, 2.05) is 65.8 Å². The second kappa shape index (κ2) is 13.5. The average Bonchev–Trinajstić information content (AvgIpc) is 3.14. The van der Waals surface area contributed by atoms with E-state index >= 15 is 0 Å². The quantitative estimate of drug-likeness (QED) is 0.693. The van der Waals surface area contributed by atoms with Crippen molar-refractivity contribution in [1.82, 2.24) is 0 Å². The van der Waals surface area contributed by atoms with Gasteiger partial charge in [-0.25, -0.2) is 4.79 Å². The van der Waals surface area contributed by atoms with Crippen molar-refractivity contribution in [2.45, 2.75) is 41.5 Å². The number of hydrogen-bond acceptors (Lipinski definition) is 4. The number of ether oxygens (including phenoxy) is 1. The maximum Gasteiger partial charge on any atom is 0.337 e. The van der Waals surface area contributed by atoms with Crippen LogP contribution in [0.1, 0.15) is 57.5 Å². The van der Waals surface area contributed by atoms with E-state index in [9.17, 15) is 4.79 Å². The largest absolute Gasteiger partial charge is 0.487 e. The molecule has 2 aromatic rings. The first kappa shape index (κ1) is 23.2. The van der Waals surface area contributed by atoms with Crippen molar-refractivity contribution in [2.24, 2.45) is 5.10 Å². The van der Waals surface area contributed by atoms with Crippen LogP contribution in [0.25, 0.3) is 0 Å². The first-order valence-electron chi connectivity index (χ1n) is 9.13. The van der Waals surface area contributed by atoms with Gasteiger partial charge in [0.05, 0.1) is 11.3 Å². The molecule has 0 amide bonds. The molecule has 0 aromatic heterocycles. The number of anilines is 1. The number of nitrogens with zero attached hydrogens (tertiary/aromatic N) is 1. The van der Waals surface area contributed by atoms with Gasteiger partial charge in [0.2, 0.25) is 0 Å². The predicted octanol–water partition coefficient (Wildman–Crippen LogP) is 5.67. The van der Waals surface area contributed by atoms with Crippen LogP contribution < -0.4 is 10.2 Å². The lowest BCUT2D eigenvalue weighted by molar-refractivity contribution is 0.0698. The van der Waals surface area contributed by atoms with Crippen LogP contribution in [0.4, 0.5) is 5.69 Å². The van der Waals surface area contributed by atoms with Crippen LogP contribution in [0.5, 0.6) is 5.75 Å². The van der Waals surface area contributed by atoms with Crippen molar-refractivity contribution >= 4 is 17.4 Å². The van der Waals surface area contributed by atoms with E-state index in [0.29, 0.717) is 12.3 Å². The molecule has 142 valence electrons. The van der Waals surface area contributed by atoms with Crippen molar-refractivity contribution in [3.05, 3.63) is 59.7 Å². The zero-order valence-corrected chi connectivity index (χ0v) is 16.5. The minimum Gasteiger partial charge on any atom is -0.487 e. The molecule has 1 aliphatic rings. The minimum atomic E-state index is -0.989. The van der Waals surface area contributed by atoms with Crippen LogP contribution in [0.2, 0.25) is 0 Å². The molecule has 0 radical (unpaired) electrons. The Balaban J connectivity index is 0.000000948. The smallest absolute Gasteiger partial charge is 0.337 e. The summed E-state index contributed by atoms with van der Waals surface area (Å²) in [5, 5.41) is 13.4. The second-order valence-electron chi connectivity index (χ2n) is 4.31. The third kappa shape index (κ3) is 6.24. The van der Waals surface area contributed by atoms with E-state index in [1.165, 1.54) is 6.07 Å². The number of para-hydroxylation sites is 2. The summed E-state index contributed by atoms with van der Waals surface area (Å²) in [4.78, 5) is 11.1. The molecule has 1 heterocycles. The predicted molar refractivity (Wildman–Crippen MR) is 110 cm³/mol. The lowest BCUT2D eigenvalue weighted by Crippen LogP contribution is -2.08. The first-order valence-corrected chi connectivity index (χ1v) is 9.13. The molecule has 0 bridgehead atoms. The molecule has 0 spiro atoms. The van der Waals surface area contributed by atoms with Crippen LogP contribution in [0.3, 0.4) is 0 Å². The number of aromatic carboxylic acids is 1. The Kier molecular flexibility index (Phi) is 12.0. The number of fused-ring (bicyclic) bond motifs is 1. The average molecular weight is 358 g/mol. The van der Waals surface area contributed by atoms with Gasteiger partial charge in [-0.2, -0.15) is 5.10 Å². The maximum absolute atomic E-state index is 11.1. The molecule has 2 aromatic carbocycles. The van der Waals surface area contributed by atoms with Crippen molar-refractivity contribution in [3.8, 4) is 5.75 Å². The number of benzene rings is 2. The Morgan fingerprint density at radius 1 is 0.962 bits per heavy atom. The van der Waals surface area contributed by atoms with Gasteiger partial charge in [0, 0.05) is 5.56 Å². The van der Waals surface area contributed by atoms with Gasteiger partial charge >= 0.3 is 5.97 Å². The summed E-state index contributed by atoms with van der Waals surface area (Å²) in [6.07, 6.45) is 0. The Morgan fingerprint density at radius 3 is 2.19 bits per heavy atom. The summed E-state index contributed by atoms with van der Waals surface area (Å²) in [7, 11) is 0. The number of nitrogens with one attached hydrogen (secondary N) is 1. The van der Waals surface area contributed by atoms with E-state index in [1.54, 1.807) is 18.2 Å². The van der Waals surface area contributed by atoms with E-state index < -0.39 is 5.97 Å². The van der Waals surface area contributed by atoms with Gasteiger partial charge in [0.15, 0.2) is 0 Å². The Morgan fingerprint density at radius 2 is 1.54 bits per heavy atom. The lowest BCUT2D eigenvalue weighted by atomic mass is 10.1. The molecule has 0 atom stereocenters.